The predicted molar refractivity (Wildman–Crippen MR) is 71.7 cm³/mol. The lowest BCUT2D eigenvalue weighted by Crippen LogP contribution is -2.30. The van der Waals surface area contributed by atoms with E-state index in [9.17, 15) is 0 Å². The monoisotopic (exact) mass is 244 g/mol. The molecule has 0 amide bonds. The van der Waals surface area contributed by atoms with Crippen molar-refractivity contribution < 1.29 is 4.74 Å². The molecule has 3 heteroatoms. The summed E-state index contributed by atoms with van der Waals surface area (Å²) in [6, 6.07) is 5.96. The fourth-order valence-corrected chi connectivity index (χ4v) is 2.49. The van der Waals surface area contributed by atoms with Gasteiger partial charge in [0.15, 0.2) is 0 Å². The molecule has 0 aliphatic carbocycles. The number of ether oxygens (including phenoxy) is 1. The zero-order valence-corrected chi connectivity index (χ0v) is 11.1. The highest BCUT2D eigenvalue weighted by Crippen LogP contribution is 2.26. The van der Waals surface area contributed by atoms with Crippen LogP contribution >= 0.6 is 0 Å². The molecule has 0 saturated carbocycles. The molecular weight excluding hydrogens is 224 g/mol. The van der Waals surface area contributed by atoms with Crippen molar-refractivity contribution in [3.63, 3.8) is 0 Å². The third kappa shape index (κ3) is 3.02. The molecule has 0 atom stereocenters. The first-order valence-corrected chi connectivity index (χ1v) is 6.55. The van der Waals surface area contributed by atoms with Crippen LogP contribution in [0.2, 0.25) is 0 Å². The first-order chi connectivity index (χ1) is 8.70. The quantitative estimate of drug-likeness (QED) is 0.888. The fourth-order valence-electron chi connectivity index (χ4n) is 2.49. The zero-order valence-electron chi connectivity index (χ0n) is 11.1. The molecule has 1 fully saturated rings. The minimum absolute atomic E-state index is 0.653. The lowest BCUT2D eigenvalue weighted by molar-refractivity contribution is 0.213. The molecule has 1 aromatic rings. The molecule has 3 nitrogen and oxygen atoms in total. The standard InChI is InChI=1S/C15H20N2O/c1-11-7-14(9-16)8-12(2)15(11)18-10-13-3-5-17-6-4-13/h7-8,13,17H,3-6,10H2,1-2H3. The number of nitrogens with zero attached hydrogens (tertiary/aromatic N) is 1. The molecule has 1 aliphatic rings. The van der Waals surface area contributed by atoms with Crippen molar-refractivity contribution in [3.05, 3.63) is 28.8 Å². The normalized spacial score (nSPS) is 16.3. The van der Waals surface area contributed by atoms with Gasteiger partial charge in [-0.1, -0.05) is 0 Å². The molecule has 1 heterocycles. The largest absolute Gasteiger partial charge is 0.493 e. The van der Waals surface area contributed by atoms with Gasteiger partial charge in [0.1, 0.15) is 5.75 Å². The second-order valence-corrected chi connectivity index (χ2v) is 5.06. The van der Waals surface area contributed by atoms with Gasteiger partial charge >= 0.3 is 0 Å². The molecule has 0 radical (unpaired) electrons. The molecule has 0 bridgehead atoms. The number of nitrogens with one attached hydrogen (secondary N) is 1. The van der Waals surface area contributed by atoms with E-state index >= 15 is 0 Å². The number of piperidine rings is 1. The Hall–Kier alpha value is -1.53. The Bertz CT molecular complexity index is 433. The van der Waals surface area contributed by atoms with Gasteiger partial charge in [-0.15, -0.1) is 0 Å². The molecule has 1 N–H and O–H groups in total. The van der Waals surface area contributed by atoms with Gasteiger partial charge in [-0.2, -0.15) is 5.26 Å². The third-order valence-corrected chi connectivity index (χ3v) is 3.51. The van der Waals surface area contributed by atoms with Crippen LogP contribution in [0.15, 0.2) is 12.1 Å². The minimum atomic E-state index is 0.653. The number of aryl methyl sites for hydroxylation is 2. The summed E-state index contributed by atoms with van der Waals surface area (Å²) >= 11 is 0. The summed E-state index contributed by atoms with van der Waals surface area (Å²) in [6.07, 6.45) is 2.38. The van der Waals surface area contributed by atoms with E-state index in [2.05, 4.69) is 11.4 Å². The second kappa shape index (κ2) is 5.88. The lowest BCUT2D eigenvalue weighted by Gasteiger charge is -2.23. The Morgan fingerprint density at radius 3 is 2.44 bits per heavy atom. The molecule has 96 valence electrons. The summed E-state index contributed by atoms with van der Waals surface area (Å²) in [4.78, 5) is 0. The topological polar surface area (TPSA) is 45.0 Å². The number of hydrogen-bond donors (Lipinski definition) is 1. The van der Waals surface area contributed by atoms with Crippen LogP contribution in [0.4, 0.5) is 0 Å². The number of nitriles is 1. The Morgan fingerprint density at radius 1 is 1.28 bits per heavy atom. The van der Waals surface area contributed by atoms with E-state index in [-0.39, 0.29) is 0 Å². The average molecular weight is 244 g/mol. The van der Waals surface area contributed by atoms with Gasteiger partial charge in [0.2, 0.25) is 0 Å². The SMILES string of the molecule is Cc1cc(C#N)cc(C)c1OCC1CCNCC1. The van der Waals surface area contributed by atoms with Crippen LogP contribution in [0.25, 0.3) is 0 Å². The Kier molecular flexibility index (Phi) is 4.22. The van der Waals surface area contributed by atoms with E-state index in [1.54, 1.807) is 0 Å². The number of rotatable bonds is 3. The molecule has 0 spiro atoms. The van der Waals surface area contributed by atoms with Crippen molar-refractivity contribution in [1.29, 1.82) is 5.26 Å². The number of benzene rings is 1. The van der Waals surface area contributed by atoms with Crippen LogP contribution < -0.4 is 10.1 Å². The van der Waals surface area contributed by atoms with E-state index in [1.807, 2.05) is 26.0 Å². The molecule has 1 saturated heterocycles. The van der Waals surface area contributed by atoms with E-state index in [0.29, 0.717) is 11.5 Å². The van der Waals surface area contributed by atoms with Crippen LogP contribution in [0.5, 0.6) is 5.75 Å². The first kappa shape index (κ1) is 12.9. The van der Waals surface area contributed by atoms with Crippen LogP contribution in [-0.4, -0.2) is 19.7 Å². The summed E-state index contributed by atoms with van der Waals surface area (Å²) in [5, 5.41) is 12.3. The van der Waals surface area contributed by atoms with E-state index in [4.69, 9.17) is 10.00 Å². The lowest BCUT2D eigenvalue weighted by atomic mass is 9.99. The Labute approximate surface area is 109 Å². The molecule has 1 aliphatic heterocycles. The molecule has 18 heavy (non-hydrogen) atoms. The van der Waals surface area contributed by atoms with Gasteiger partial charge in [0, 0.05) is 0 Å². The smallest absolute Gasteiger partial charge is 0.125 e. The first-order valence-electron chi connectivity index (χ1n) is 6.55. The summed E-state index contributed by atoms with van der Waals surface area (Å²) in [5.41, 5.74) is 2.82. The van der Waals surface area contributed by atoms with Gasteiger partial charge in [0.25, 0.3) is 0 Å². The second-order valence-electron chi connectivity index (χ2n) is 5.06. The highest BCUT2D eigenvalue weighted by atomic mass is 16.5. The molecular formula is C15H20N2O. The maximum atomic E-state index is 8.91. The van der Waals surface area contributed by atoms with E-state index < -0.39 is 0 Å². The number of hydrogen-bond acceptors (Lipinski definition) is 3. The van der Waals surface area contributed by atoms with E-state index in [1.165, 1.54) is 12.8 Å². The van der Waals surface area contributed by atoms with Gasteiger partial charge in [-0.3, -0.25) is 0 Å². The zero-order chi connectivity index (χ0) is 13.0. The highest BCUT2D eigenvalue weighted by Gasteiger charge is 2.15. The van der Waals surface area contributed by atoms with Crippen molar-refractivity contribution >= 4 is 0 Å². The molecule has 0 unspecified atom stereocenters. The van der Waals surface area contributed by atoms with Crippen molar-refractivity contribution in [2.24, 2.45) is 5.92 Å². The average Bonchev–Trinajstić information content (AvgIpc) is 2.38. The van der Waals surface area contributed by atoms with Crippen molar-refractivity contribution in [2.75, 3.05) is 19.7 Å². The third-order valence-electron chi connectivity index (χ3n) is 3.51. The predicted octanol–water partition coefficient (Wildman–Crippen LogP) is 2.55. The molecule has 0 aromatic heterocycles. The van der Waals surface area contributed by atoms with Crippen molar-refractivity contribution in [3.8, 4) is 11.8 Å². The van der Waals surface area contributed by atoms with Crippen molar-refractivity contribution in [2.45, 2.75) is 26.7 Å². The highest BCUT2D eigenvalue weighted by molar-refractivity contribution is 5.47. The van der Waals surface area contributed by atoms with Crippen LogP contribution in [0, 0.1) is 31.1 Å². The maximum absolute atomic E-state index is 8.91. The Morgan fingerprint density at radius 2 is 1.89 bits per heavy atom. The van der Waals surface area contributed by atoms with Gasteiger partial charge < -0.3 is 10.1 Å². The van der Waals surface area contributed by atoms with Crippen LogP contribution in [0.3, 0.4) is 0 Å². The van der Waals surface area contributed by atoms with Crippen LogP contribution in [-0.2, 0) is 0 Å². The summed E-state index contributed by atoms with van der Waals surface area (Å²) in [6.45, 7) is 6.99. The molecule has 2 rings (SSSR count). The summed E-state index contributed by atoms with van der Waals surface area (Å²) < 4.78 is 5.97. The summed E-state index contributed by atoms with van der Waals surface area (Å²) in [5.74, 6) is 1.60. The minimum Gasteiger partial charge on any atom is -0.493 e. The maximum Gasteiger partial charge on any atom is 0.125 e. The Balaban J connectivity index is 2.02. The van der Waals surface area contributed by atoms with Crippen molar-refractivity contribution in [1.82, 2.24) is 5.32 Å². The van der Waals surface area contributed by atoms with Gasteiger partial charge in [-0.05, 0) is 69.0 Å². The van der Waals surface area contributed by atoms with Crippen LogP contribution in [0.1, 0.15) is 29.5 Å². The van der Waals surface area contributed by atoms with E-state index in [0.717, 1.165) is 36.6 Å². The summed E-state index contributed by atoms with van der Waals surface area (Å²) in [7, 11) is 0. The fraction of sp³-hybridized carbons (Fsp3) is 0.533. The van der Waals surface area contributed by atoms with Gasteiger partial charge in [-0.25, -0.2) is 0 Å². The van der Waals surface area contributed by atoms with Gasteiger partial charge in [0.05, 0.1) is 18.2 Å². The molecule has 1 aromatic carbocycles.